The maximum Gasteiger partial charge on any atom is 0.257 e. The van der Waals surface area contributed by atoms with Gasteiger partial charge in [0.25, 0.3) is 5.91 Å². The molecule has 1 amide bonds. The van der Waals surface area contributed by atoms with E-state index in [4.69, 9.17) is 21.7 Å². The molecule has 26 heavy (non-hydrogen) atoms. The van der Waals surface area contributed by atoms with E-state index in [0.717, 1.165) is 34.0 Å². The summed E-state index contributed by atoms with van der Waals surface area (Å²) in [5, 5.41) is 5.87. The highest BCUT2D eigenvalue weighted by Crippen LogP contribution is 2.28. The van der Waals surface area contributed by atoms with E-state index in [-0.39, 0.29) is 11.0 Å². The molecule has 0 atom stereocenters. The smallest absolute Gasteiger partial charge is 0.257 e. The second kappa shape index (κ2) is 7.63. The lowest BCUT2D eigenvalue weighted by Gasteiger charge is -2.13. The molecule has 0 unspecified atom stereocenters. The Balaban J connectivity index is 1.76. The van der Waals surface area contributed by atoms with Crippen molar-refractivity contribution in [1.29, 1.82) is 0 Å². The van der Waals surface area contributed by atoms with Gasteiger partial charge in [0.1, 0.15) is 11.0 Å². The second-order valence-corrected chi connectivity index (χ2v) is 6.30. The molecule has 134 valence electrons. The lowest BCUT2D eigenvalue weighted by Crippen LogP contribution is -2.34. The molecule has 0 aliphatic rings. The summed E-state index contributed by atoms with van der Waals surface area (Å²) >= 11 is 6.40. The molecule has 0 bridgehead atoms. The van der Waals surface area contributed by atoms with Crippen molar-refractivity contribution >= 4 is 51.7 Å². The highest BCUT2D eigenvalue weighted by atomic mass is 32.1. The van der Waals surface area contributed by atoms with Crippen LogP contribution in [0.3, 0.4) is 0 Å². The Hall–Kier alpha value is -2.78. The van der Waals surface area contributed by atoms with Gasteiger partial charge in [0.05, 0.1) is 31.6 Å². The number of rotatable bonds is 4. The SMILES string of the molecule is COc1ccc(C(=O)NC(=S)Nc2c(C)ccc3nsnc23)cc1OC. The summed E-state index contributed by atoms with van der Waals surface area (Å²) in [7, 11) is 3.05. The van der Waals surface area contributed by atoms with Gasteiger partial charge in [-0.15, -0.1) is 0 Å². The minimum Gasteiger partial charge on any atom is -0.493 e. The number of ether oxygens (including phenoxy) is 2. The normalized spacial score (nSPS) is 10.4. The van der Waals surface area contributed by atoms with Crippen molar-refractivity contribution in [3.63, 3.8) is 0 Å². The van der Waals surface area contributed by atoms with Crippen LogP contribution >= 0.6 is 23.9 Å². The number of nitrogens with zero attached hydrogens (tertiary/aromatic N) is 2. The van der Waals surface area contributed by atoms with Crippen LogP contribution in [0.1, 0.15) is 15.9 Å². The molecule has 3 aromatic rings. The third kappa shape index (κ3) is 3.58. The van der Waals surface area contributed by atoms with E-state index in [0.29, 0.717) is 17.1 Å². The van der Waals surface area contributed by atoms with E-state index in [2.05, 4.69) is 19.4 Å². The maximum atomic E-state index is 12.5. The van der Waals surface area contributed by atoms with Gasteiger partial charge in [0, 0.05) is 5.56 Å². The first-order valence-electron chi connectivity index (χ1n) is 7.59. The van der Waals surface area contributed by atoms with Gasteiger partial charge in [-0.25, -0.2) is 0 Å². The zero-order valence-electron chi connectivity index (χ0n) is 14.3. The minimum absolute atomic E-state index is 0.174. The molecule has 0 aliphatic carbocycles. The summed E-state index contributed by atoms with van der Waals surface area (Å²) in [6.45, 7) is 1.93. The molecule has 7 nitrogen and oxygen atoms in total. The molecule has 0 aliphatic heterocycles. The first-order chi connectivity index (χ1) is 12.5. The van der Waals surface area contributed by atoms with Gasteiger partial charge >= 0.3 is 0 Å². The van der Waals surface area contributed by atoms with E-state index >= 15 is 0 Å². The Morgan fingerprint density at radius 2 is 1.88 bits per heavy atom. The second-order valence-electron chi connectivity index (χ2n) is 5.37. The molecular weight excluding hydrogens is 372 g/mol. The first-order valence-corrected chi connectivity index (χ1v) is 8.73. The highest BCUT2D eigenvalue weighted by Gasteiger charge is 2.14. The number of aromatic nitrogens is 2. The molecule has 0 spiro atoms. The van der Waals surface area contributed by atoms with Crippen LogP contribution in [0.2, 0.25) is 0 Å². The quantitative estimate of drug-likeness (QED) is 0.664. The van der Waals surface area contributed by atoms with E-state index in [9.17, 15) is 4.79 Å². The first kappa shape index (κ1) is 18.0. The van der Waals surface area contributed by atoms with Crippen LogP contribution in [0.4, 0.5) is 5.69 Å². The molecule has 1 aromatic heterocycles. The number of carbonyl (C=O) groups is 1. The molecular formula is C17H16N4O3S2. The number of anilines is 1. The van der Waals surface area contributed by atoms with Crippen LogP contribution in [-0.4, -0.2) is 34.0 Å². The Kier molecular flexibility index (Phi) is 5.29. The Bertz CT molecular complexity index is 987. The largest absolute Gasteiger partial charge is 0.493 e. The molecule has 0 radical (unpaired) electrons. The Labute approximate surface area is 159 Å². The number of nitrogens with one attached hydrogen (secondary N) is 2. The van der Waals surface area contributed by atoms with E-state index in [1.54, 1.807) is 18.2 Å². The summed E-state index contributed by atoms with van der Waals surface area (Å²) in [4.78, 5) is 12.5. The van der Waals surface area contributed by atoms with Crippen molar-refractivity contribution < 1.29 is 14.3 Å². The van der Waals surface area contributed by atoms with Crippen LogP contribution in [0.25, 0.3) is 11.0 Å². The fourth-order valence-electron chi connectivity index (χ4n) is 2.41. The Morgan fingerprint density at radius 1 is 1.12 bits per heavy atom. The predicted octanol–water partition coefficient (Wildman–Crippen LogP) is 3.14. The summed E-state index contributed by atoms with van der Waals surface area (Å²) in [6, 6.07) is 8.70. The van der Waals surface area contributed by atoms with E-state index in [1.165, 1.54) is 14.2 Å². The molecule has 2 aromatic carbocycles. The average Bonchev–Trinajstić information content (AvgIpc) is 3.12. The molecule has 0 saturated heterocycles. The summed E-state index contributed by atoms with van der Waals surface area (Å²) in [6.07, 6.45) is 0. The van der Waals surface area contributed by atoms with Gasteiger partial charge in [-0.2, -0.15) is 8.75 Å². The standard InChI is InChI=1S/C17H16N4O3S2/c1-9-4-6-11-15(21-26-20-11)14(9)18-17(25)19-16(22)10-5-7-12(23-2)13(8-10)24-3/h4-8H,1-3H3,(H2,18,19,22,25). The predicted molar refractivity (Wildman–Crippen MR) is 105 cm³/mol. The average molecular weight is 388 g/mol. The van der Waals surface area contributed by atoms with Crippen LogP contribution < -0.4 is 20.1 Å². The topological polar surface area (TPSA) is 85.4 Å². The highest BCUT2D eigenvalue weighted by molar-refractivity contribution is 7.80. The summed E-state index contributed by atoms with van der Waals surface area (Å²) < 4.78 is 18.9. The third-order valence-electron chi connectivity index (χ3n) is 3.75. The van der Waals surface area contributed by atoms with Gasteiger partial charge in [-0.3, -0.25) is 10.1 Å². The van der Waals surface area contributed by atoms with Crippen molar-refractivity contribution in [2.45, 2.75) is 6.92 Å². The van der Waals surface area contributed by atoms with Crippen molar-refractivity contribution in [1.82, 2.24) is 14.1 Å². The molecule has 0 fully saturated rings. The molecule has 0 saturated carbocycles. The third-order valence-corrected chi connectivity index (χ3v) is 4.49. The number of hydrogen-bond donors (Lipinski definition) is 2. The van der Waals surface area contributed by atoms with E-state index < -0.39 is 0 Å². The van der Waals surface area contributed by atoms with Gasteiger partial charge in [-0.1, -0.05) is 6.07 Å². The number of carbonyl (C=O) groups excluding carboxylic acids is 1. The molecule has 3 rings (SSSR count). The number of thiocarbonyl (C=S) groups is 1. The van der Waals surface area contributed by atoms with Gasteiger partial charge < -0.3 is 14.8 Å². The number of amides is 1. The number of hydrogen-bond acceptors (Lipinski definition) is 7. The Morgan fingerprint density at radius 3 is 2.62 bits per heavy atom. The van der Waals surface area contributed by atoms with E-state index in [1.807, 2.05) is 19.1 Å². The number of benzene rings is 2. The van der Waals surface area contributed by atoms with Gasteiger partial charge in [0.2, 0.25) is 0 Å². The summed E-state index contributed by atoms with van der Waals surface area (Å²) in [5.41, 5.74) is 3.58. The maximum absolute atomic E-state index is 12.5. The fraction of sp³-hybridized carbons (Fsp3) is 0.176. The number of methoxy groups -OCH3 is 2. The van der Waals surface area contributed by atoms with Crippen molar-refractivity contribution in [2.24, 2.45) is 0 Å². The van der Waals surface area contributed by atoms with Crippen LogP contribution in [0, 0.1) is 6.92 Å². The number of fused-ring (bicyclic) bond motifs is 1. The lowest BCUT2D eigenvalue weighted by atomic mass is 10.1. The minimum atomic E-state index is -0.357. The zero-order valence-corrected chi connectivity index (χ0v) is 16.0. The van der Waals surface area contributed by atoms with Crippen LogP contribution in [0.5, 0.6) is 11.5 Å². The van der Waals surface area contributed by atoms with Crippen molar-refractivity contribution in [3.05, 3.63) is 41.5 Å². The van der Waals surface area contributed by atoms with Crippen LogP contribution in [0.15, 0.2) is 30.3 Å². The zero-order chi connectivity index (χ0) is 18.7. The van der Waals surface area contributed by atoms with Crippen LogP contribution in [-0.2, 0) is 0 Å². The fourth-order valence-corrected chi connectivity index (χ4v) is 3.14. The van der Waals surface area contributed by atoms with Crippen molar-refractivity contribution in [3.8, 4) is 11.5 Å². The van der Waals surface area contributed by atoms with Gasteiger partial charge in [-0.05, 0) is 49.0 Å². The molecule has 1 heterocycles. The molecule has 9 heteroatoms. The lowest BCUT2D eigenvalue weighted by molar-refractivity contribution is 0.0977. The molecule has 2 N–H and O–H groups in total. The van der Waals surface area contributed by atoms with Gasteiger partial charge in [0.15, 0.2) is 16.6 Å². The number of aryl methyl sites for hydroxylation is 1. The monoisotopic (exact) mass is 388 g/mol. The van der Waals surface area contributed by atoms with Crippen molar-refractivity contribution in [2.75, 3.05) is 19.5 Å². The summed E-state index contributed by atoms with van der Waals surface area (Å²) in [5.74, 6) is 0.654.